The quantitative estimate of drug-likeness (QED) is 0.236. The summed E-state index contributed by atoms with van der Waals surface area (Å²) in [4.78, 5) is 30.3. The highest BCUT2D eigenvalue weighted by Gasteiger charge is 2.38. The van der Waals surface area contributed by atoms with E-state index < -0.39 is 11.8 Å². The summed E-state index contributed by atoms with van der Waals surface area (Å²) < 4.78 is 11.5. The van der Waals surface area contributed by atoms with Crippen molar-refractivity contribution in [3.63, 3.8) is 0 Å². The fraction of sp³-hybridized carbons (Fsp3) is 0.529. The Morgan fingerprint density at radius 2 is 1.95 bits per heavy atom. The van der Waals surface area contributed by atoms with E-state index in [1.165, 1.54) is 0 Å². The lowest BCUT2D eigenvalue weighted by Crippen LogP contribution is -2.47. The van der Waals surface area contributed by atoms with Crippen molar-refractivity contribution in [2.24, 2.45) is 0 Å². The number of ether oxygens (including phenoxy) is 2. The number of unbranched alkanes of at least 4 members (excludes halogenated alkanes) is 1. The second kappa shape index (κ2) is 13.4. The molecule has 0 aromatic carbocycles. The summed E-state index contributed by atoms with van der Waals surface area (Å²) in [5.74, 6) is 2.26. The summed E-state index contributed by atoms with van der Waals surface area (Å²) in [5.41, 5.74) is 4.09. The van der Waals surface area contributed by atoms with Crippen molar-refractivity contribution in [2.75, 3.05) is 29.9 Å². The Morgan fingerprint density at radius 3 is 2.59 bits per heavy atom. The van der Waals surface area contributed by atoms with Gasteiger partial charge in [0.25, 0.3) is 0 Å². The molecular formula is C34H46N6O4. The lowest BCUT2D eigenvalue weighted by Gasteiger charge is -2.41. The second-order valence-corrected chi connectivity index (χ2v) is 12.8. The maximum atomic E-state index is 12.4. The van der Waals surface area contributed by atoms with Gasteiger partial charge in [-0.2, -0.15) is 4.98 Å². The molecule has 1 saturated carbocycles. The highest BCUT2D eigenvalue weighted by Crippen LogP contribution is 2.42. The summed E-state index contributed by atoms with van der Waals surface area (Å²) in [6.45, 7) is 15.6. The van der Waals surface area contributed by atoms with Crippen molar-refractivity contribution in [3.05, 3.63) is 59.6 Å². The van der Waals surface area contributed by atoms with Crippen LogP contribution in [-0.4, -0.2) is 68.6 Å². The first-order valence-electron chi connectivity index (χ1n) is 15.8. The van der Waals surface area contributed by atoms with Gasteiger partial charge in [-0.1, -0.05) is 38.8 Å². The SMILES string of the molecule is C=C(OCCCC)C1=C(C)c2cnc(Nc3ccc(C4=CCN(C(=O)OC(C)(C)C)CC4)cn3)nc2N(C2CCCC2)C1O. The minimum Gasteiger partial charge on any atom is -0.494 e. The molecule has 10 nitrogen and oxygen atoms in total. The number of anilines is 3. The Hall–Kier alpha value is -3.92. The number of hydrogen-bond donors (Lipinski definition) is 2. The molecule has 44 heavy (non-hydrogen) atoms. The van der Waals surface area contributed by atoms with Crippen LogP contribution in [0.2, 0.25) is 0 Å². The normalized spacial score (nSPS) is 19.0. The average Bonchev–Trinajstić information content (AvgIpc) is 3.51. The molecule has 10 heteroatoms. The first-order chi connectivity index (χ1) is 21.1. The molecule has 4 heterocycles. The zero-order valence-corrected chi connectivity index (χ0v) is 26.7. The third kappa shape index (κ3) is 7.07. The molecule has 1 fully saturated rings. The Bertz CT molecular complexity index is 1420. The topological polar surface area (TPSA) is 113 Å². The Kier molecular flexibility index (Phi) is 9.58. The first kappa shape index (κ1) is 31.5. The molecule has 2 aliphatic heterocycles. The number of rotatable bonds is 9. The van der Waals surface area contributed by atoms with E-state index in [9.17, 15) is 9.90 Å². The molecule has 2 aromatic heterocycles. The predicted octanol–water partition coefficient (Wildman–Crippen LogP) is 6.82. The Balaban J connectivity index is 1.32. The highest BCUT2D eigenvalue weighted by atomic mass is 16.6. The average molecular weight is 603 g/mol. The summed E-state index contributed by atoms with van der Waals surface area (Å²) in [7, 11) is 0. The maximum Gasteiger partial charge on any atom is 0.410 e. The third-order valence-electron chi connectivity index (χ3n) is 8.37. The zero-order chi connectivity index (χ0) is 31.4. The van der Waals surface area contributed by atoms with E-state index in [1.807, 2.05) is 57.1 Å². The van der Waals surface area contributed by atoms with Crippen LogP contribution in [0, 0.1) is 0 Å². The van der Waals surface area contributed by atoms with Gasteiger partial charge in [-0.05, 0) is 82.2 Å². The Labute approximate surface area is 260 Å². The molecule has 2 N–H and O–H groups in total. The van der Waals surface area contributed by atoms with E-state index in [0.29, 0.717) is 48.6 Å². The standard InChI is InChI=1S/C34H46N6O4/c1-7-8-19-43-23(3)29-22(2)27-21-36-32(38-30(27)40(31(29)41)26-11-9-10-12-26)37-28-14-13-25(20-35-28)24-15-17-39(18-16-24)33(42)44-34(4,5)6/h13-15,20-21,26,31,41H,3,7-12,16-19H2,1-2,4-6H3,(H,35,36,37,38). The molecule has 0 radical (unpaired) electrons. The van der Waals surface area contributed by atoms with Gasteiger partial charge in [-0.15, -0.1) is 0 Å². The van der Waals surface area contributed by atoms with Gasteiger partial charge in [0.15, 0.2) is 6.23 Å². The molecule has 0 bridgehead atoms. The van der Waals surface area contributed by atoms with Gasteiger partial charge in [-0.25, -0.2) is 14.8 Å². The molecule has 1 amide bonds. The Morgan fingerprint density at radius 1 is 1.18 bits per heavy atom. The van der Waals surface area contributed by atoms with Crippen molar-refractivity contribution in [1.82, 2.24) is 19.9 Å². The molecular weight excluding hydrogens is 556 g/mol. The van der Waals surface area contributed by atoms with Crippen molar-refractivity contribution >= 4 is 34.8 Å². The van der Waals surface area contributed by atoms with Gasteiger partial charge < -0.3 is 29.7 Å². The van der Waals surface area contributed by atoms with Crippen LogP contribution >= 0.6 is 0 Å². The van der Waals surface area contributed by atoms with E-state index in [1.54, 1.807) is 4.90 Å². The number of hydrogen-bond acceptors (Lipinski definition) is 9. The molecule has 1 unspecified atom stereocenters. The number of amides is 1. The lowest BCUT2D eigenvalue weighted by atomic mass is 9.94. The van der Waals surface area contributed by atoms with Crippen LogP contribution in [0.25, 0.3) is 11.1 Å². The van der Waals surface area contributed by atoms with Crippen LogP contribution in [0.1, 0.15) is 90.7 Å². The number of pyridine rings is 1. The minimum atomic E-state index is -0.894. The van der Waals surface area contributed by atoms with Crippen LogP contribution in [0.15, 0.2) is 48.5 Å². The van der Waals surface area contributed by atoms with Crippen molar-refractivity contribution in [3.8, 4) is 0 Å². The number of aromatic nitrogens is 3. The fourth-order valence-corrected chi connectivity index (χ4v) is 6.01. The van der Waals surface area contributed by atoms with Gasteiger partial charge in [-0.3, -0.25) is 0 Å². The predicted molar refractivity (Wildman–Crippen MR) is 173 cm³/mol. The van der Waals surface area contributed by atoms with Crippen LogP contribution in [-0.2, 0) is 9.47 Å². The van der Waals surface area contributed by atoms with E-state index in [0.717, 1.165) is 67.2 Å². The van der Waals surface area contributed by atoms with E-state index in [2.05, 4.69) is 34.9 Å². The smallest absolute Gasteiger partial charge is 0.410 e. The van der Waals surface area contributed by atoms with Crippen molar-refractivity contribution in [1.29, 1.82) is 0 Å². The number of nitrogens with zero attached hydrogens (tertiary/aromatic N) is 5. The molecule has 0 spiro atoms. The zero-order valence-electron chi connectivity index (χ0n) is 26.7. The number of nitrogens with one attached hydrogen (secondary N) is 1. The van der Waals surface area contributed by atoms with Crippen LogP contribution in [0.5, 0.6) is 0 Å². The summed E-state index contributed by atoms with van der Waals surface area (Å²) in [6.07, 6.45) is 11.4. The fourth-order valence-electron chi connectivity index (χ4n) is 6.01. The highest BCUT2D eigenvalue weighted by molar-refractivity contribution is 5.83. The molecule has 1 atom stereocenters. The molecule has 5 rings (SSSR count). The minimum absolute atomic E-state index is 0.172. The van der Waals surface area contributed by atoms with E-state index in [4.69, 9.17) is 14.5 Å². The van der Waals surface area contributed by atoms with Gasteiger partial charge in [0, 0.05) is 42.7 Å². The maximum absolute atomic E-state index is 12.4. The first-order valence-corrected chi connectivity index (χ1v) is 15.8. The third-order valence-corrected chi connectivity index (χ3v) is 8.37. The summed E-state index contributed by atoms with van der Waals surface area (Å²) in [5, 5.41) is 14.9. The van der Waals surface area contributed by atoms with E-state index >= 15 is 0 Å². The number of carbonyl (C=O) groups excluding carboxylic acids is 1. The van der Waals surface area contributed by atoms with Gasteiger partial charge in [0.2, 0.25) is 5.95 Å². The number of aliphatic hydroxyl groups excluding tert-OH is 1. The molecule has 3 aliphatic rings. The monoisotopic (exact) mass is 602 g/mol. The largest absolute Gasteiger partial charge is 0.494 e. The second-order valence-electron chi connectivity index (χ2n) is 12.8. The van der Waals surface area contributed by atoms with Gasteiger partial charge in [0.1, 0.15) is 23.0 Å². The van der Waals surface area contributed by atoms with Gasteiger partial charge in [0.05, 0.1) is 6.61 Å². The van der Waals surface area contributed by atoms with E-state index in [-0.39, 0.29) is 12.1 Å². The number of fused-ring (bicyclic) bond motifs is 1. The van der Waals surface area contributed by atoms with Crippen LogP contribution in [0.4, 0.5) is 22.4 Å². The molecule has 236 valence electrons. The molecule has 0 saturated heterocycles. The van der Waals surface area contributed by atoms with Crippen LogP contribution < -0.4 is 10.2 Å². The number of aliphatic hydroxyl groups is 1. The number of allylic oxidation sites excluding steroid dienone is 1. The van der Waals surface area contributed by atoms with Crippen molar-refractivity contribution in [2.45, 2.75) is 97.4 Å². The van der Waals surface area contributed by atoms with Crippen LogP contribution in [0.3, 0.4) is 0 Å². The molecule has 2 aromatic rings. The van der Waals surface area contributed by atoms with Crippen molar-refractivity contribution < 1.29 is 19.4 Å². The van der Waals surface area contributed by atoms with Gasteiger partial charge >= 0.3 is 6.09 Å². The summed E-state index contributed by atoms with van der Waals surface area (Å²) >= 11 is 0. The molecule has 1 aliphatic carbocycles. The summed E-state index contributed by atoms with van der Waals surface area (Å²) in [6, 6.07) is 4.09. The lowest BCUT2D eigenvalue weighted by molar-refractivity contribution is 0.0270. The number of carbonyl (C=O) groups is 1.